The normalized spacial score (nSPS) is 21.4. The summed E-state index contributed by atoms with van der Waals surface area (Å²) in [5.41, 5.74) is 1.68. The molecule has 1 saturated heterocycles. The molecule has 0 aliphatic carbocycles. The van der Waals surface area contributed by atoms with Crippen molar-refractivity contribution in [2.75, 3.05) is 18.5 Å². The maximum Gasteiger partial charge on any atom is 0.407 e. The first kappa shape index (κ1) is 25.1. The first-order chi connectivity index (χ1) is 17.3. The molecule has 1 aliphatic heterocycles. The SMILES string of the molecule is O=C(O)CCCNC(=O)OC[C@H]1O[C@@H](n2cnc3c(NCc4ccc(O)cc4)ncnc32)[C@H](O)[C@@H]1O. The number of phenols is 1. The number of aromatic hydroxyl groups is 1. The highest BCUT2D eigenvalue weighted by atomic mass is 16.6. The lowest BCUT2D eigenvalue weighted by molar-refractivity contribution is -0.137. The number of hydrogen-bond donors (Lipinski definition) is 6. The van der Waals surface area contributed by atoms with E-state index in [0.29, 0.717) is 23.5 Å². The maximum absolute atomic E-state index is 11.8. The van der Waals surface area contributed by atoms with Crippen LogP contribution in [0, 0.1) is 0 Å². The number of rotatable bonds is 10. The van der Waals surface area contributed by atoms with Crippen LogP contribution in [0.25, 0.3) is 11.2 Å². The van der Waals surface area contributed by atoms with Crippen LogP contribution in [0.1, 0.15) is 24.6 Å². The van der Waals surface area contributed by atoms with Gasteiger partial charge in [-0.2, -0.15) is 0 Å². The van der Waals surface area contributed by atoms with Gasteiger partial charge in [-0.3, -0.25) is 9.36 Å². The van der Waals surface area contributed by atoms with Gasteiger partial charge in [0.2, 0.25) is 0 Å². The first-order valence-electron chi connectivity index (χ1n) is 11.2. The van der Waals surface area contributed by atoms with Crippen molar-refractivity contribution in [3.63, 3.8) is 0 Å². The number of carbonyl (C=O) groups is 2. The highest BCUT2D eigenvalue weighted by molar-refractivity contribution is 5.82. The Balaban J connectivity index is 1.38. The Morgan fingerprint density at radius 1 is 1.11 bits per heavy atom. The molecule has 0 bridgehead atoms. The van der Waals surface area contributed by atoms with Gasteiger partial charge in [0.15, 0.2) is 23.2 Å². The molecule has 1 fully saturated rings. The molecule has 1 aliphatic rings. The zero-order valence-electron chi connectivity index (χ0n) is 19.0. The van der Waals surface area contributed by atoms with Crippen LogP contribution in [-0.2, 0) is 20.8 Å². The number of phenolic OH excluding ortho intramolecular Hbond substituents is 1. The third kappa shape index (κ3) is 5.79. The van der Waals surface area contributed by atoms with Gasteiger partial charge in [-0.25, -0.2) is 19.7 Å². The first-order valence-corrected chi connectivity index (χ1v) is 11.2. The van der Waals surface area contributed by atoms with E-state index in [4.69, 9.17) is 14.6 Å². The van der Waals surface area contributed by atoms with Crippen molar-refractivity contribution < 1.29 is 39.5 Å². The number of aliphatic hydroxyl groups is 2. The van der Waals surface area contributed by atoms with Gasteiger partial charge in [0.25, 0.3) is 0 Å². The molecule has 0 saturated carbocycles. The summed E-state index contributed by atoms with van der Waals surface area (Å²) < 4.78 is 12.3. The summed E-state index contributed by atoms with van der Waals surface area (Å²) in [5, 5.41) is 44.6. The lowest BCUT2D eigenvalue weighted by Crippen LogP contribution is -2.36. The Kier molecular flexibility index (Phi) is 7.77. The van der Waals surface area contributed by atoms with Crippen LogP contribution in [-0.4, -0.2) is 83.5 Å². The topological polar surface area (TPSA) is 201 Å². The van der Waals surface area contributed by atoms with E-state index in [1.807, 2.05) is 0 Å². The minimum Gasteiger partial charge on any atom is -0.508 e. The molecule has 192 valence electrons. The van der Waals surface area contributed by atoms with Gasteiger partial charge in [-0.05, 0) is 24.1 Å². The fraction of sp³-hybridized carbons (Fsp3) is 0.409. The number of ether oxygens (including phenoxy) is 2. The van der Waals surface area contributed by atoms with E-state index in [-0.39, 0.29) is 31.7 Å². The van der Waals surface area contributed by atoms with Gasteiger partial charge in [0, 0.05) is 19.5 Å². The number of anilines is 1. The van der Waals surface area contributed by atoms with Crippen LogP contribution in [0.2, 0.25) is 0 Å². The molecule has 3 heterocycles. The number of carboxylic acid groups (broad SMARTS) is 1. The molecule has 0 unspecified atom stereocenters. The van der Waals surface area contributed by atoms with Crippen molar-refractivity contribution in [2.45, 2.75) is 43.9 Å². The zero-order chi connectivity index (χ0) is 25.7. The van der Waals surface area contributed by atoms with Gasteiger partial charge in [-0.1, -0.05) is 12.1 Å². The van der Waals surface area contributed by atoms with Gasteiger partial charge in [0.1, 0.15) is 37.0 Å². The number of carboxylic acids is 1. The molecule has 4 rings (SSSR count). The van der Waals surface area contributed by atoms with Crippen molar-refractivity contribution in [2.24, 2.45) is 0 Å². The Morgan fingerprint density at radius 2 is 1.89 bits per heavy atom. The monoisotopic (exact) mass is 502 g/mol. The van der Waals surface area contributed by atoms with Crippen LogP contribution in [0.5, 0.6) is 5.75 Å². The molecule has 1 amide bonds. The molecule has 6 N–H and O–H groups in total. The number of hydrogen-bond acceptors (Lipinski definition) is 11. The van der Waals surface area contributed by atoms with E-state index in [9.17, 15) is 24.9 Å². The number of aliphatic hydroxyl groups excluding tert-OH is 2. The van der Waals surface area contributed by atoms with Crippen LogP contribution in [0.3, 0.4) is 0 Å². The predicted octanol–water partition coefficient (Wildman–Crippen LogP) is 0.354. The number of amides is 1. The lowest BCUT2D eigenvalue weighted by atomic mass is 10.1. The minimum absolute atomic E-state index is 0.0882. The number of aliphatic carboxylic acids is 1. The van der Waals surface area contributed by atoms with E-state index in [1.165, 1.54) is 17.2 Å². The quantitative estimate of drug-likeness (QED) is 0.208. The van der Waals surface area contributed by atoms with Gasteiger partial charge < -0.3 is 40.5 Å². The van der Waals surface area contributed by atoms with Crippen molar-refractivity contribution in [3.8, 4) is 5.75 Å². The molecular weight excluding hydrogens is 476 g/mol. The van der Waals surface area contributed by atoms with Gasteiger partial charge in [0.05, 0.1) is 6.33 Å². The molecule has 3 aromatic rings. The van der Waals surface area contributed by atoms with Gasteiger partial charge >= 0.3 is 12.1 Å². The molecule has 1 aromatic carbocycles. The van der Waals surface area contributed by atoms with Crippen LogP contribution in [0.4, 0.5) is 10.6 Å². The lowest BCUT2D eigenvalue weighted by Gasteiger charge is -2.16. The summed E-state index contributed by atoms with van der Waals surface area (Å²) in [6.45, 7) is 0.202. The molecular formula is C22H26N6O8. The summed E-state index contributed by atoms with van der Waals surface area (Å²) in [4.78, 5) is 35.1. The van der Waals surface area contributed by atoms with Crippen LogP contribution < -0.4 is 10.6 Å². The van der Waals surface area contributed by atoms with Gasteiger partial charge in [-0.15, -0.1) is 0 Å². The number of imidazole rings is 1. The third-order valence-corrected chi connectivity index (χ3v) is 5.58. The molecule has 14 nitrogen and oxygen atoms in total. The molecule has 0 spiro atoms. The summed E-state index contributed by atoms with van der Waals surface area (Å²) in [6, 6.07) is 6.69. The maximum atomic E-state index is 11.8. The largest absolute Gasteiger partial charge is 0.508 e. The summed E-state index contributed by atoms with van der Waals surface area (Å²) in [7, 11) is 0. The second-order valence-electron chi connectivity index (χ2n) is 8.14. The molecule has 4 atom stereocenters. The summed E-state index contributed by atoms with van der Waals surface area (Å²) in [6.07, 6.45) is -2.65. The van der Waals surface area contributed by atoms with E-state index in [2.05, 4.69) is 25.6 Å². The van der Waals surface area contributed by atoms with Crippen molar-refractivity contribution in [1.82, 2.24) is 24.8 Å². The average molecular weight is 502 g/mol. The summed E-state index contributed by atoms with van der Waals surface area (Å²) in [5.74, 6) is -0.358. The highest BCUT2D eigenvalue weighted by Crippen LogP contribution is 2.32. The standard InChI is InChI=1S/C22H26N6O8/c29-13-5-3-12(4-6-13)8-24-19-16-20(26-10-25-19)28(11-27-16)21-18(33)17(32)14(36-21)9-35-22(34)23-7-1-2-15(30)31/h3-6,10-11,14,17-18,21,29,32-33H,1-2,7-9H2,(H,23,34)(H,30,31)(H,24,25,26)/t14-,17-,18-,21-/m1/s1. The number of benzene rings is 1. The Hall–Kier alpha value is -4.01. The smallest absolute Gasteiger partial charge is 0.407 e. The summed E-state index contributed by atoms with van der Waals surface area (Å²) >= 11 is 0. The zero-order valence-corrected chi connectivity index (χ0v) is 19.0. The number of nitrogens with one attached hydrogen (secondary N) is 2. The average Bonchev–Trinajstić information content (AvgIpc) is 3.41. The van der Waals surface area contributed by atoms with E-state index >= 15 is 0 Å². The third-order valence-electron chi connectivity index (χ3n) is 5.58. The van der Waals surface area contributed by atoms with Crippen molar-refractivity contribution >= 4 is 29.0 Å². The minimum atomic E-state index is -1.35. The van der Waals surface area contributed by atoms with Crippen molar-refractivity contribution in [1.29, 1.82) is 0 Å². The van der Waals surface area contributed by atoms with Crippen LogP contribution >= 0.6 is 0 Å². The number of nitrogens with zero attached hydrogens (tertiary/aromatic N) is 4. The Bertz CT molecular complexity index is 1200. The Morgan fingerprint density at radius 3 is 2.64 bits per heavy atom. The number of carbonyl (C=O) groups excluding carboxylic acids is 1. The highest BCUT2D eigenvalue weighted by Gasteiger charge is 2.45. The second kappa shape index (κ2) is 11.2. The van der Waals surface area contributed by atoms with Crippen molar-refractivity contribution in [3.05, 3.63) is 42.5 Å². The Labute approximate surface area is 204 Å². The fourth-order valence-corrected chi connectivity index (χ4v) is 3.70. The fourth-order valence-electron chi connectivity index (χ4n) is 3.70. The van der Waals surface area contributed by atoms with E-state index < -0.39 is 36.6 Å². The van der Waals surface area contributed by atoms with Crippen LogP contribution in [0.15, 0.2) is 36.9 Å². The molecule has 2 aromatic heterocycles. The molecule has 14 heteroatoms. The number of aromatic nitrogens is 4. The van der Waals surface area contributed by atoms with E-state index in [1.54, 1.807) is 24.3 Å². The van der Waals surface area contributed by atoms with E-state index in [0.717, 1.165) is 5.56 Å². The second-order valence-corrected chi connectivity index (χ2v) is 8.14. The molecule has 36 heavy (non-hydrogen) atoms. The number of fused-ring (bicyclic) bond motifs is 1. The number of alkyl carbamates (subject to hydrolysis) is 1. The predicted molar refractivity (Wildman–Crippen MR) is 123 cm³/mol. The molecule has 0 radical (unpaired) electrons.